The molecule has 0 fully saturated rings. The number of rotatable bonds is 4. The first-order valence-corrected chi connectivity index (χ1v) is 6.24. The van der Waals surface area contributed by atoms with E-state index in [1.54, 1.807) is 12.1 Å². The summed E-state index contributed by atoms with van der Waals surface area (Å²) in [5, 5.41) is 19.3. The minimum atomic E-state index is -0.975. The maximum absolute atomic E-state index is 10.9. The number of carbonyl (C=O) groups is 1. The molecular formula is C15H14N2O4. The van der Waals surface area contributed by atoms with Gasteiger partial charge in [0.2, 0.25) is 6.20 Å². The summed E-state index contributed by atoms with van der Waals surface area (Å²) in [4.78, 5) is 20.8. The van der Waals surface area contributed by atoms with E-state index in [1.807, 2.05) is 24.5 Å². The van der Waals surface area contributed by atoms with Crippen LogP contribution in [-0.4, -0.2) is 20.6 Å². The van der Waals surface area contributed by atoms with Gasteiger partial charge in [-0.05, 0) is 44.2 Å². The normalized spacial score (nSPS) is 11.0. The van der Waals surface area contributed by atoms with Crippen LogP contribution in [-0.2, 0) is 0 Å². The summed E-state index contributed by atoms with van der Waals surface area (Å²) in [6.45, 7) is 3.75. The van der Waals surface area contributed by atoms with Gasteiger partial charge < -0.3 is 9.67 Å². The van der Waals surface area contributed by atoms with Crippen molar-refractivity contribution in [2.24, 2.45) is 0 Å². The molecule has 21 heavy (non-hydrogen) atoms. The van der Waals surface area contributed by atoms with Crippen LogP contribution in [0.5, 0.6) is 0 Å². The molecule has 1 aromatic carbocycles. The zero-order chi connectivity index (χ0) is 15.6. The Kier molecular flexibility index (Phi) is 3.89. The topological polar surface area (TPSA) is 85.4 Å². The number of carboxylic acid groups (broad SMARTS) is 1. The molecule has 2 rings (SSSR count). The second kappa shape index (κ2) is 5.62. The SMILES string of the molecule is Cc1cc(/C=C/[N+](=O)[O-])c(C)n1-c1ccc(C(=O)O)cc1. The predicted molar refractivity (Wildman–Crippen MR) is 78.2 cm³/mol. The third-order valence-electron chi connectivity index (χ3n) is 3.22. The molecule has 108 valence electrons. The molecule has 1 aromatic heterocycles. The van der Waals surface area contributed by atoms with Crippen LogP contribution in [0.25, 0.3) is 11.8 Å². The van der Waals surface area contributed by atoms with Crippen LogP contribution in [0.15, 0.2) is 36.5 Å². The Morgan fingerprint density at radius 3 is 2.43 bits per heavy atom. The van der Waals surface area contributed by atoms with Crippen molar-refractivity contribution >= 4 is 12.0 Å². The number of hydrogen-bond acceptors (Lipinski definition) is 3. The molecule has 6 nitrogen and oxygen atoms in total. The third kappa shape index (κ3) is 3.00. The van der Waals surface area contributed by atoms with Crippen LogP contribution in [0, 0.1) is 24.0 Å². The van der Waals surface area contributed by atoms with E-state index in [-0.39, 0.29) is 5.56 Å². The van der Waals surface area contributed by atoms with E-state index >= 15 is 0 Å². The Balaban J connectivity index is 2.44. The average molecular weight is 286 g/mol. The van der Waals surface area contributed by atoms with Gasteiger partial charge in [0.1, 0.15) is 0 Å². The molecule has 6 heteroatoms. The molecule has 0 aliphatic rings. The van der Waals surface area contributed by atoms with E-state index < -0.39 is 10.9 Å². The lowest BCUT2D eigenvalue weighted by atomic mass is 10.2. The minimum Gasteiger partial charge on any atom is -0.478 e. The molecule has 2 aromatic rings. The van der Waals surface area contributed by atoms with E-state index in [2.05, 4.69) is 0 Å². The Morgan fingerprint density at radius 2 is 1.90 bits per heavy atom. The number of aromatic nitrogens is 1. The fourth-order valence-electron chi connectivity index (χ4n) is 2.25. The number of nitrogens with zero attached hydrogens (tertiary/aromatic N) is 2. The van der Waals surface area contributed by atoms with Crippen LogP contribution >= 0.6 is 0 Å². The first-order chi connectivity index (χ1) is 9.90. The molecule has 1 heterocycles. The summed E-state index contributed by atoms with van der Waals surface area (Å²) in [7, 11) is 0. The zero-order valence-corrected chi connectivity index (χ0v) is 11.6. The van der Waals surface area contributed by atoms with E-state index in [1.165, 1.54) is 18.2 Å². The van der Waals surface area contributed by atoms with Crippen molar-refractivity contribution in [1.82, 2.24) is 4.57 Å². The lowest BCUT2D eigenvalue weighted by molar-refractivity contribution is -0.400. The fraction of sp³-hybridized carbons (Fsp3) is 0.133. The molecule has 0 bridgehead atoms. The Morgan fingerprint density at radius 1 is 1.29 bits per heavy atom. The van der Waals surface area contributed by atoms with Crippen molar-refractivity contribution in [1.29, 1.82) is 0 Å². The van der Waals surface area contributed by atoms with Crippen molar-refractivity contribution in [2.75, 3.05) is 0 Å². The summed E-state index contributed by atoms with van der Waals surface area (Å²) in [5.74, 6) is -0.975. The Hall–Kier alpha value is -2.89. The molecule has 0 amide bonds. The summed E-state index contributed by atoms with van der Waals surface area (Å²) in [6, 6.07) is 8.33. The first-order valence-electron chi connectivity index (χ1n) is 6.24. The quantitative estimate of drug-likeness (QED) is 0.691. The number of aromatic carboxylic acids is 1. The van der Waals surface area contributed by atoms with Crippen LogP contribution in [0.2, 0.25) is 0 Å². The van der Waals surface area contributed by atoms with Gasteiger partial charge in [0, 0.05) is 28.7 Å². The molecule has 1 N–H and O–H groups in total. The van der Waals surface area contributed by atoms with Crippen molar-refractivity contribution in [2.45, 2.75) is 13.8 Å². The highest BCUT2D eigenvalue weighted by Gasteiger charge is 2.10. The van der Waals surface area contributed by atoms with Gasteiger partial charge in [-0.2, -0.15) is 0 Å². The summed E-state index contributed by atoms with van der Waals surface area (Å²) in [6.07, 6.45) is 2.35. The standard InChI is InChI=1S/C15H14N2O4/c1-10-9-13(7-8-16(20)21)11(2)17(10)14-5-3-12(4-6-14)15(18)19/h3-9H,1-2H3,(H,18,19)/b8-7+. The minimum absolute atomic E-state index is 0.217. The van der Waals surface area contributed by atoms with Crippen molar-refractivity contribution < 1.29 is 14.8 Å². The smallest absolute Gasteiger partial charge is 0.335 e. The van der Waals surface area contributed by atoms with Crippen LogP contribution < -0.4 is 0 Å². The molecule has 0 atom stereocenters. The van der Waals surface area contributed by atoms with Crippen molar-refractivity contribution in [3.8, 4) is 5.69 Å². The number of hydrogen-bond donors (Lipinski definition) is 1. The number of aryl methyl sites for hydroxylation is 1. The van der Waals surface area contributed by atoms with Gasteiger partial charge in [-0.25, -0.2) is 4.79 Å². The molecular weight excluding hydrogens is 272 g/mol. The maximum Gasteiger partial charge on any atom is 0.335 e. The van der Waals surface area contributed by atoms with Gasteiger partial charge in [0.05, 0.1) is 10.5 Å². The van der Waals surface area contributed by atoms with Crippen molar-refractivity contribution in [3.05, 3.63) is 69.2 Å². The predicted octanol–water partition coefficient (Wildman–Crippen LogP) is 3.04. The van der Waals surface area contributed by atoms with E-state index in [0.717, 1.165) is 28.8 Å². The maximum atomic E-state index is 10.9. The second-order valence-electron chi connectivity index (χ2n) is 4.61. The van der Waals surface area contributed by atoms with Crippen LogP contribution in [0.1, 0.15) is 27.3 Å². The molecule has 0 unspecified atom stereocenters. The van der Waals surface area contributed by atoms with Gasteiger partial charge >= 0.3 is 5.97 Å². The first kappa shape index (κ1) is 14.5. The van der Waals surface area contributed by atoms with E-state index in [4.69, 9.17) is 5.11 Å². The lowest BCUT2D eigenvalue weighted by Gasteiger charge is -2.09. The Labute approximate surface area is 121 Å². The number of nitro groups is 1. The molecule has 0 spiro atoms. The highest BCUT2D eigenvalue weighted by atomic mass is 16.6. The second-order valence-corrected chi connectivity index (χ2v) is 4.61. The number of benzene rings is 1. The fourth-order valence-corrected chi connectivity index (χ4v) is 2.25. The van der Waals surface area contributed by atoms with Gasteiger partial charge in [-0.1, -0.05) is 0 Å². The lowest BCUT2D eigenvalue weighted by Crippen LogP contribution is -2.01. The molecule has 0 radical (unpaired) electrons. The summed E-state index contributed by atoms with van der Waals surface area (Å²) < 4.78 is 1.92. The van der Waals surface area contributed by atoms with Gasteiger partial charge in [0.15, 0.2) is 0 Å². The molecule has 0 aliphatic carbocycles. The van der Waals surface area contributed by atoms with Crippen molar-refractivity contribution in [3.63, 3.8) is 0 Å². The van der Waals surface area contributed by atoms with Gasteiger partial charge in [-0.3, -0.25) is 10.1 Å². The molecule has 0 saturated carbocycles. The monoisotopic (exact) mass is 286 g/mol. The molecule has 0 saturated heterocycles. The van der Waals surface area contributed by atoms with E-state index in [9.17, 15) is 14.9 Å². The Bertz CT molecular complexity index is 727. The average Bonchev–Trinajstić information content (AvgIpc) is 2.71. The van der Waals surface area contributed by atoms with Crippen LogP contribution in [0.4, 0.5) is 0 Å². The van der Waals surface area contributed by atoms with Gasteiger partial charge in [-0.15, -0.1) is 0 Å². The number of carboxylic acids is 1. The highest BCUT2D eigenvalue weighted by Crippen LogP contribution is 2.22. The summed E-state index contributed by atoms with van der Waals surface area (Å²) in [5.41, 5.74) is 3.56. The van der Waals surface area contributed by atoms with E-state index in [0.29, 0.717) is 0 Å². The largest absolute Gasteiger partial charge is 0.478 e. The third-order valence-corrected chi connectivity index (χ3v) is 3.22. The van der Waals surface area contributed by atoms with Crippen LogP contribution in [0.3, 0.4) is 0 Å². The summed E-state index contributed by atoms with van der Waals surface area (Å²) >= 11 is 0. The molecule has 0 aliphatic heterocycles. The zero-order valence-electron chi connectivity index (χ0n) is 11.6. The van der Waals surface area contributed by atoms with Gasteiger partial charge in [0.25, 0.3) is 0 Å². The highest BCUT2D eigenvalue weighted by molar-refractivity contribution is 5.87.